The predicted molar refractivity (Wildman–Crippen MR) is 101 cm³/mol. The summed E-state index contributed by atoms with van der Waals surface area (Å²) in [5.74, 6) is 0.411. The van der Waals surface area contributed by atoms with E-state index in [0.717, 1.165) is 51.4 Å². The highest BCUT2D eigenvalue weighted by atomic mass is 35.5. The number of carbonyl (C=O) groups is 2. The van der Waals surface area contributed by atoms with Crippen molar-refractivity contribution in [1.82, 2.24) is 0 Å². The highest BCUT2D eigenvalue weighted by Crippen LogP contribution is 2.30. The summed E-state index contributed by atoms with van der Waals surface area (Å²) in [4.78, 5) is 23.9. The lowest BCUT2D eigenvalue weighted by atomic mass is 9.82. The summed E-state index contributed by atoms with van der Waals surface area (Å²) in [6.45, 7) is 1.11. The lowest BCUT2D eigenvalue weighted by molar-refractivity contribution is -0.174. The van der Waals surface area contributed by atoms with Crippen molar-refractivity contribution < 1.29 is 19.1 Å². The van der Waals surface area contributed by atoms with Gasteiger partial charge in [-0.15, -0.1) is 24.8 Å². The first-order valence-electron chi connectivity index (χ1n) is 8.87. The fraction of sp³-hybridized carbons (Fsp3) is 0.882. The Morgan fingerprint density at radius 2 is 1.00 bits per heavy atom. The van der Waals surface area contributed by atoms with Crippen molar-refractivity contribution >= 4 is 36.8 Å². The molecule has 4 N–H and O–H groups in total. The number of halogens is 2. The number of ether oxygens (including phenoxy) is 2. The second-order valence-corrected chi connectivity index (χ2v) is 6.95. The molecule has 0 aromatic rings. The van der Waals surface area contributed by atoms with Crippen LogP contribution in [0.3, 0.4) is 0 Å². The first-order chi connectivity index (χ1) is 11.1. The van der Waals surface area contributed by atoms with E-state index in [1.807, 2.05) is 0 Å². The van der Waals surface area contributed by atoms with E-state index in [-0.39, 0.29) is 55.4 Å². The van der Waals surface area contributed by atoms with Gasteiger partial charge in [0.25, 0.3) is 0 Å². The summed E-state index contributed by atoms with van der Waals surface area (Å²) in [5, 5.41) is 0. The Kier molecular flexibility index (Phi) is 12.5. The van der Waals surface area contributed by atoms with Crippen LogP contribution in [-0.2, 0) is 19.1 Å². The molecule has 2 saturated carbocycles. The molecule has 2 aliphatic rings. The van der Waals surface area contributed by atoms with Gasteiger partial charge in [-0.2, -0.15) is 0 Å². The van der Waals surface area contributed by atoms with Crippen molar-refractivity contribution in [1.29, 1.82) is 0 Å². The largest absolute Gasteiger partial charge is 0.428 e. The van der Waals surface area contributed by atoms with E-state index in [4.69, 9.17) is 20.9 Å². The fourth-order valence-electron chi connectivity index (χ4n) is 3.65. The van der Waals surface area contributed by atoms with Crippen LogP contribution in [0.5, 0.6) is 0 Å². The minimum atomic E-state index is -0.259. The Bertz CT molecular complexity index is 360. The van der Waals surface area contributed by atoms with E-state index in [0.29, 0.717) is 24.9 Å². The number of carbonyl (C=O) groups excluding carboxylic acids is 2. The molecule has 8 heteroatoms. The van der Waals surface area contributed by atoms with Gasteiger partial charge in [0, 0.05) is 0 Å². The van der Waals surface area contributed by atoms with Crippen LogP contribution < -0.4 is 11.5 Å². The quantitative estimate of drug-likeness (QED) is 0.525. The molecule has 0 atom stereocenters. The second-order valence-electron chi connectivity index (χ2n) is 6.95. The number of hydrogen-bond acceptors (Lipinski definition) is 6. The maximum Gasteiger partial charge on any atom is 0.311 e. The highest BCUT2D eigenvalue weighted by molar-refractivity contribution is 5.85. The third-order valence-electron chi connectivity index (χ3n) is 5.43. The molecule has 2 rings (SSSR count). The molecule has 2 fully saturated rings. The van der Waals surface area contributed by atoms with Crippen molar-refractivity contribution in [3.63, 3.8) is 0 Å². The van der Waals surface area contributed by atoms with Crippen LogP contribution >= 0.6 is 24.8 Å². The van der Waals surface area contributed by atoms with E-state index < -0.39 is 0 Å². The molecule has 0 aromatic carbocycles. The standard InChI is InChI=1S/C17H30N2O4.2ClH/c18-9-12-1-5-14(6-2-12)16(20)22-11-23-17(21)15-7-3-13(10-19)4-8-15;;/h12-15H,1-11,18-19H2;2*1H/t12-,13-,14-,15-;;. The maximum absolute atomic E-state index is 12.0. The molecule has 0 unspecified atom stereocenters. The molecule has 0 aliphatic heterocycles. The number of esters is 2. The van der Waals surface area contributed by atoms with Crippen LogP contribution in [0, 0.1) is 23.7 Å². The van der Waals surface area contributed by atoms with E-state index >= 15 is 0 Å². The third-order valence-corrected chi connectivity index (χ3v) is 5.43. The molecule has 0 amide bonds. The van der Waals surface area contributed by atoms with Gasteiger partial charge in [-0.05, 0) is 76.3 Å². The van der Waals surface area contributed by atoms with Gasteiger partial charge < -0.3 is 20.9 Å². The molecular formula is C17H32Cl2N2O4. The van der Waals surface area contributed by atoms with Crippen molar-refractivity contribution in [2.45, 2.75) is 51.4 Å². The first kappa shape index (κ1) is 24.4. The van der Waals surface area contributed by atoms with Gasteiger partial charge in [0.1, 0.15) is 0 Å². The van der Waals surface area contributed by atoms with Gasteiger partial charge in [-0.3, -0.25) is 9.59 Å². The summed E-state index contributed by atoms with van der Waals surface area (Å²) in [6.07, 6.45) is 7.16. The Hall–Kier alpha value is -0.560. The Morgan fingerprint density at radius 1 is 0.680 bits per heavy atom. The van der Waals surface area contributed by atoms with Crippen LogP contribution in [0.2, 0.25) is 0 Å². The van der Waals surface area contributed by atoms with Crippen LogP contribution in [0.25, 0.3) is 0 Å². The molecule has 148 valence electrons. The molecule has 25 heavy (non-hydrogen) atoms. The summed E-state index contributed by atoms with van der Waals surface area (Å²) in [7, 11) is 0. The zero-order chi connectivity index (χ0) is 16.7. The van der Waals surface area contributed by atoms with Gasteiger partial charge >= 0.3 is 11.9 Å². The molecule has 0 bridgehead atoms. The maximum atomic E-state index is 12.0. The smallest absolute Gasteiger partial charge is 0.311 e. The summed E-state index contributed by atoms with van der Waals surface area (Å²) < 4.78 is 10.2. The fourth-order valence-corrected chi connectivity index (χ4v) is 3.65. The van der Waals surface area contributed by atoms with E-state index in [1.54, 1.807) is 0 Å². The SMILES string of the molecule is Cl.Cl.NC[C@H]1CC[C@H](C(=O)OCOC(=O)[C@H]2CC[C@H](CN)CC2)CC1. The van der Waals surface area contributed by atoms with Gasteiger partial charge in [-0.1, -0.05) is 0 Å². The first-order valence-corrected chi connectivity index (χ1v) is 8.87. The minimum Gasteiger partial charge on any atom is -0.428 e. The van der Waals surface area contributed by atoms with Gasteiger partial charge in [0.15, 0.2) is 0 Å². The molecule has 0 radical (unpaired) electrons. The van der Waals surface area contributed by atoms with Crippen LogP contribution in [-0.4, -0.2) is 31.8 Å². The Morgan fingerprint density at radius 3 is 1.28 bits per heavy atom. The second kappa shape index (κ2) is 12.7. The molecule has 2 aliphatic carbocycles. The number of rotatable bonds is 6. The van der Waals surface area contributed by atoms with E-state index in [2.05, 4.69) is 0 Å². The van der Waals surface area contributed by atoms with Gasteiger partial charge in [0.2, 0.25) is 6.79 Å². The van der Waals surface area contributed by atoms with Crippen LogP contribution in [0.4, 0.5) is 0 Å². The van der Waals surface area contributed by atoms with Crippen LogP contribution in [0.1, 0.15) is 51.4 Å². The summed E-state index contributed by atoms with van der Waals surface area (Å²) in [6, 6.07) is 0. The molecule has 0 heterocycles. The lowest BCUT2D eigenvalue weighted by Gasteiger charge is -2.27. The van der Waals surface area contributed by atoms with Crippen molar-refractivity contribution in [2.24, 2.45) is 35.1 Å². The predicted octanol–water partition coefficient (Wildman–Crippen LogP) is 2.40. The van der Waals surface area contributed by atoms with Gasteiger partial charge in [0.05, 0.1) is 11.8 Å². The Labute approximate surface area is 162 Å². The zero-order valence-electron chi connectivity index (χ0n) is 14.7. The topological polar surface area (TPSA) is 105 Å². The molecule has 0 saturated heterocycles. The highest BCUT2D eigenvalue weighted by Gasteiger charge is 2.29. The van der Waals surface area contributed by atoms with Crippen molar-refractivity contribution in [3.05, 3.63) is 0 Å². The van der Waals surface area contributed by atoms with Crippen molar-refractivity contribution in [3.8, 4) is 0 Å². The van der Waals surface area contributed by atoms with E-state index in [9.17, 15) is 9.59 Å². The van der Waals surface area contributed by atoms with Crippen LogP contribution in [0.15, 0.2) is 0 Å². The monoisotopic (exact) mass is 398 g/mol. The minimum absolute atomic E-state index is 0. The third kappa shape index (κ3) is 7.69. The zero-order valence-corrected chi connectivity index (χ0v) is 16.3. The Balaban J connectivity index is 0.00000288. The molecular weight excluding hydrogens is 367 g/mol. The average Bonchev–Trinajstić information content (AvgIpc) is 2.61. The average molecular weight is 399 g/mol. The molecule has 0 spiro atoms. The van der Waals surface area contributed by atoms with Crippen molar-refractivity contribution in [2.75, 3.05) is 19.9 Å². The summed E-state index contributed by atoms with van der Waals surface area (Å²) >= 11 is 0. The molecule has 6 nitrogen and oxygen atoms in total. The normalized spacial score (nSPS) is 28.9. The summed E-state index contributed by atoms with van der Waals surface area (Å²) in [5.41, 5.74) is 11.3. The number of nitrogens with two attached hydrogens (primary N) is 2. The van der Waals surface area contributed by atoms with Gasteiger partial charge in [-0.25, -0.2) is 0 Å². The number of hydrogen-bond donors (Lipinski definition) is 2. The molecule has 0 aromatic heterocycles. The lowest BCUT2D eigenvalue weighted by Crippen LogP contribution is -2.29. The van der Waals surface area contributed by atoms with E-state index in [1.165, 1.54) is 0 Å².